The number of amides is 4. The minimum Gasteiger partial charge on any atom is -1.00 e. The van der Waals surface area contributed by atoms with Gasteiger partial charge in [0.25, 0.3) is 11.8 Å². The van der Waals surface area contributed by atoms with Crippen molar-refractivity contribution in [2.75, 3.05) is 26.2 Å². The summed E-state index contributed by atoms with van der Waals surface area (Å²) in [5, 5.41) is 21.9. The molecule has 0 spiro atoms. The number of carbonyl (C=O) groups is 10. The van der Waals surface area contributed by atoms with Gasteiger partial charge in [0.2, 0.25) is 23.1 Å². The summed E-state index contributed by atoms with van der Waals surface area (Å²) in [7, 11) is 0. The molecule has 7 aromatic carbocycles. The molecular weight excluding hydrogens is 1740 g/mol. The molecule has 4 fully saturated rings. The Balaban J connectivity index is 0.000000223. The van der Waals surface area contributed by atoms with Crippen molar-refractivity contribution < 1.29 is 96.4 Å². The maximum absolute atomic E-state index is 13.7. The van der Waals surface area contributed by atoms with Crippen LogP contribution in [0.1, 0.15) is 230 Å². The first-order chi connectivity index (χ1) is 57.8. The number of ketones is 6. The summed E-state index contributed by atoms with van der Waals surface area (Å²) >= 11 is 5.17. The van der Waals surface area contributed by atoms with Gasteiger partial charge < -0.3 is 47.7 Å². The van der Waals surface area contributed by atoms with Crippen LogP contribution in [0.4, 0.5) is 31.5 Å². The van der Waals surface area contributed by atoms with Crippen LogP contribution in [0.5, 0.6) is 0 Å². The molecule has 0 bridgehead atoms. The van der Waals surface area contributed by atoms with Crippen LogP contribution in [0.3, 0.4) is 0 Å². The zero-order chi connectivity index (χ0) is 86.0. The monoisotopic (exact) mass is 1820 g/mol. The molecule has 33 heteroatoms. The molecule has 8 heterocycles. The van der Waals surface area contributed by atoms with Crippen LogP contribution in [0, 0.1) is 47.0 Å². The molecule has 0 radical (unpaired) electrons. The normalized spacial score (nSPS) is 18.4. The number of hydrogen-bond acceptors (Lipinski definition) is 22. The van der Waals surface area contributed by atoms with Gasteiger partial charge in [-0.1, -0.05) is 24.3 Å². The Labute approximate surface area is 748 Å². The Kier molecular flexibility index (Phi) is 31.2. The predicted molar refractivity (Wildman–Crippen MR) is 450 cm³/mol. The Bertz CT molecular complexity index is 5300. The van der Waals surface area contributed by atoms with Crippen molar-refractivity contribution >= 4 is 127 Å². The topological polar surface area (TPSA) is 295 Å². The molecule has 4 N–H and O–H groups in total. The molecule has 15 rings (SSSR count). The maximum atomic E-state index is 13.7. The van der Waals surface area contributed by atoms with Gasteiger partial charge in [-0.25, -0.2) is 51.5 Å². The van der Waals surface area contributed by atoms with Crippen molar-refractivity contribution in [2.45, 2.75) is 128 Å². The number of carbonyl (C=O) groups excluding carboxylic acids is 10. The summed E-state index contributed by atoms with van der Waals surface area (Å²) in [5.74, 6) is -4.33. The van der Waals surface area contributed by atoms with Gasteiger partial charge in [0, 0.05) is 116 Å². The molecule has 0 aliphatic carbocycles. The summed E-state index contributed by atoms with van der Waals surface area (Å²) in [5.41, 5.74) is 2.28. The minimum atomic E-state index is -0.800. The number of thiazole rings is 4. The Hall–Kier alpha value is -10.6. The summed E-state index contributed by atoms with van der Waals surface area (Å²) in [6, 6.07) is 40.5. The second-order valence-corrected chi connectivity index (χ2v) is 35.0. The Morgan fingerprint density at radius 3 is 1.10 bits per heavy atom. The molecule has 22 nitrogen and oxygen atoms in total. The standard InChI is InChI=1S/C47H47F2N5O8S2.C37H31F2N5O4S2.C6H4F.BrH.Mg/c1-46(2,3)61-44(59)53-22-26(19-36(53)42-51-34(24-63-42)39(56)28-11-15-31(48)16-12-28)20-38(55)27-7-9-30(10-8-27)41(58)50-33-21-37(54(23-33)45(60)62-47(4,5)6)43-52-35(25-64-43)40(57)29-13-17-32(49)18-14-29;38-25-9-5-22(6-10-25)33(46)30-18-49-36(43-30)28-13-20(16-40-28)14-32(45)21-1-3-24(4-2-21)35(48)42-27-15-29(41-17-27)37-44-31(19-50-37)34(47)23-7-11-26(39)12-8-23;7-6-4-2-1-3-5-6;;/h7-18,24-26,33,36-37H,19-23H2,1-6H3,(H,50,58);1-12,18-20,27-29,40-41H,13-17H2,(H,42,48);2-5H;1H;/q;;-1;;+2/p-1/t26-,33+,36+,37+;20-,27+,28+,29+;;;/m11.../s1. The SMILES string of the molecule is CC(C)(C)OC(=O)N1C[C@@H](CC(=O)c2ccc(C(=O)N[C@H]3C[C@@H](c4nc(C(=O)c5ccc(F)cc5)cs4)N(C(=O)OC(C)(C)C)C3)cc2)C[C@H]1c1nc(C(=O)c2ccc(F)cc2)cs1.Fc1cc[c-]cc1.O=C(C[C@@H]1CN[C@H](c2nc(C(=O)c3ccc(F)cc3)cs2)C1)c1ccc(C(=O)N[C@@H]2CN[C@H](c3nc(C(=O)c4ccc(F)cc4)cs3)C2)cc1.[Br-].[Mg+2]. The first-order valence-corrected chi connectivity index (χ1v) is 42.3. The fourth-order valence-electron chi connectivity index (χ4n) is 14.2. The van der Waals surface area contributed by atoms with Gasteiger partial charge in [0.05, 0.1) is 24.2 Å². The van der Waals surface area contributed by atoms with Crippen LogP contribution in [-0.2, 0) is 9.47 Å². The fourth-order valence-corrected chi connectivity index (χ4v) is 17.8. The van der Waals surface area contributed by atoms with Crippen molar-refractivity contribution in [1.29, 1.82) is 0 Å². The van der Waals surface area contributed by atoms with E-state index in [0.29, 0.717) is 88.0 Å². The third-order valence-corrected chi connectivity index (χ3v) is 24.0. The smallest absolute Gasteiger partial charge is 1.00 e. The van der Waals surface area contributed by atoms with Crippen molar-refractivity contribution in [2.24, 2.45) is 11.8 Å². The van der Waals surface area contributed by atoms with Gasteiger partial charge in [-0.15, -0.1) is 57.5 Å². The number of Topliss-reactive ketones (excluding diaryl/α,β-unsaturated/α-hetero) is 2. The van der Waals surface area contributed by atoms with Gasteiger partial charge in [-0.3, -0.25) is 48.2 Å². The van der Waals surface area contributed by atoms with E-state index in [4.69, 9.17) is 9.47 Å². The maximum Gasteiger partial charge on any atom is 2.00 e. The van der Waals surface area contributed by atoms with E-state index in [0.717, 1.165) is 10.0 Å². The number of nitrogens with one attached hydrogen (secondary N) is 4. The number of likely N-dealkylation sites (tertiary alicyclic amines) is 2. The zero-order valence-corrected chi connectivity index (χ0v) is 73.6. The van der Waals surface area contributed by atoms with Gasteiger partial charge >= 0.3 is 35.2 Å². The number of nitrogens with zero attached hydrogens (tertiary/aromatic N) is 6. The van der Waals surface area contributed by atoms with Crippen molar-refractivity contribution in [1.82, 2.24) is 51.0 Å². The number of halogens is 6. The number of hydrogen-bond donors (Lipinski definition) is 4. The summed E-state index contributed by atoms with van der Waals surface area (Å²) in [6.45, 7) is 12.0. The van der Waals surface area contributed by atoms with Gasteiger partial charge in [0.15, 0.2) is 11.6 Å². The third-order valence-electron chi connectivity index (χ3n) is 20.1. The van der Waals surface area contributed by atoms with E-state index >= 15 is 0 Å². The molecule has 4 aliphatic rings. The molecule has 4 aromatic heterocycles. The molecule has 123 heavy (non-hydrogen) atoms. The third kappa shape index (κ3) is 24.5. The van der Waals surface area contributed by atoms with E-state index in [1.54, 1.807) is 116 Å². The average molecular weight is 1820 g/mol. The van der Waals surface area contributed by atoms with E-state index in [2.05, 4.69) is 47.3 Å². The molecule has 4 aliphatic heterocycles. The molecule has 11 aromatic rings. The fraction of sp³-hybridized carbons (Fsp3) is 0.289. The van der Waals surface area contributed by atoms with Crippen LogP contribution in [0.2, 0.25) is 0 Å². The van der Waals surface area contributed by atoms with Crippen molar-refractivity contribution in [3.05, 3.63) is 314 Å². The largest absolute Gasteiger partial charge is 2.00 e. The average Bonchev–Trinajstić information content (AvgIpc) is 1.66. The van der Waals surface area contributed by atoms with Crippen LogP contribution in [0.25, 0.3) is 0 Å². The van der Waals surface area contributed by atoms with Crippen LogP contribution in [0.15, 0.2) is 191 Å². The molecule has 0 saturated carbocycles. The van der Waals surface area contributed by atoms with Crippen LogP contribution >= 0.6 is 45.3 Å². The van der Waals surface area contributed by atoms with E-state index in [1.807, 2.05) is 0 Å². The molecule has 0 unspecified atom stereocenters. The zero-order valence-electron chi connectivity index (χ0n) is 67.4. The van der Waals surface area contributed by atoms with Crippen LogP contribution in [-0.4, -0.2) is 161 Å². The van der Waals surface area contributed by atoms with Gasteiger partial charge in [-0.2, -0.15) is 18.2 Å². The summed E-state index contributed by atoms with van der Waals surface area (Å²) in [6.07, 6.45) is 1.23. The summed E-state index contributed by atoms with van der Waals surface area (Å²) in [4.78, 5) is 153. The molecule has 4 saturated heterocycles. The van der Waals surface area contributed by atoms with E-state index < -0.39 is 76.5 Å². The van der Waals surface area contributed by atoms with Crippen LogP contribution < -0.4 is 38.2 Å². The molecule has 8 atom stereocenters. The first kappa shape index (κ1) is 93.1. The number of rotatable bonds is 22. The second kappa shape index (κ2) is 41.2. The number of aromatic nitrogens is 4. The predicted octanol–water partition coefficient (Wildman–Crippen LogP) is 13.7. The van der Waals surface area contributed by atoms with Gasteiger partial charge in [0.1, 0.15) is 77.3 Å². The van der Waals surface area contributed by atoms with Gasteiger partial charge in [-0.05, 0) is 207 Å². The Morgan fingerprint density at radius 1 is 0.398 bits per heavy atom. The minimum absolute atomic E-state index is 0. The van der Waals surface area contributed by atoms with E-state index in [9.17, 15) is 69.9 Å². The molecule has 632 valence electrons. The molecular formula is C90H82BrF5MgN10O12S4. The number of benzene rings is 7. The first-order valence-electron chi connectivity index (χ1n) is 38.8. The number of ether oxygens (including phenoxy) is 2. The second-order valence-electron chi connectivity index (χ2n) is 31.5. The molecule has 4 amide bonds. The Morgan fingerprint density at radius 2 is 0.715 bits per heavy atom. The van der Waals surface area contributed by atoms with E-state index in [1.165, 1.54) is 172 Å². The van der Waals surface area contributed by atoms with E-state index in [-0.39, 0.29) is 165 Å². The van der Waals surface area contributed by atoms with Crippen molar-refractivity contribution in [3.8, 4) is 0 Å². The quantitative estimate of drug-likeness (QED) is 0.0212. The summed E-state index contributed by atoms with van der Waals surface area (Å²) < 4.78 is 76.7. The van der Waals surface area contributed by atoms with Crippen molar-refractivity contribution in [3.63, 3.8) is 0 Å².